The van der Waals surface area contributed by atoms with Crippen molar-refractivity contribution in [3.63, 3.8) is 0 Å². The first-order chi connectivity index (χ1) is 16.1. The summed E-state index contributed by atoms with van der Waals surface area (Å²) < 4.78 is 28.1. The van der Waals surface area contributed by atoms with E-state index in [1.165, 1.54) is 18.9 Å². The number of unbranched alkanes of at least 4 members (excludes halogenated alkanes) is 2. The van der Waals surface area contributed by atoms with Crippen LogP contribution in [-0.4, -0.2) is 31.4 Å². The van der Waals surface area contributed by atoms with Crippen LogP contribution in [0.15, 0.2) is 47.4 Å². The van der Waals surface area contributed by atoms with Crippen molar-refractivity contribution in [3.8, 4) is 22.6 Å². The zero-order chi connectivity index (χ0) is 23.6. The molecule has 3 aromatic rings. The van der Waals surface area contributed by atoms with Gasteiger partial charge in [0.25, 0.3) is 0 Å². The van der Waals surface area contributed by atoms with Crippen molar-refractivity contribution in [2.45, 2.75) is 52.5 Å². The normalized spacial score (nSPS) is 11.2. The van der Waals surface area contributed by atoms with Gasteiger partial charge in [0.05, 0.1) is 24.6 Å². The lowest BCUT2D eigenvalue weighted by Crippen LogP contribution is -2.18. The van der Waals surface area contributed by atoms with E-state index in [2.05, 4.69) is 12.2 Å². The molecule has 0 bridgehead atoms. The summed E-state index contributed by atoms with van der Waals surface area (Å²) in [6.07, 6.45) is 6.92. The summed E-state index contributed by atoms with van der Waals surface area (Å²) in [6.45, 7) is 7.35. The van der Waals surface area contributed by atoms with Gasteiger partial charge in [-0.3, -0.25) is 4.79 Å². The number of pyridine rings is 1. The molecule has 0 aliphatic rings. The molecule has 5 nitrogen and oxygen atoms in total. The Morgan fingerprint density at radius 3 is 2.42 bits per heavy atom. The molecule has 0 saturated heterocycles. The molecule has 0 radical (unpaired) electrons. The van der Waals surface area contributed by atoms with Crippen molar-refractivity contribution in [1.29, 1.82) is 0 Å². The van der Waals surface area contributed by atoms with Crippen molar-refractivity contribution < 1.29 is 13.9 Å². The Bertz CT molecular complexity index is 1090. The maximum atomic E-state index is 15.0. The van der Waals surface area contributed by atoms with Crippen LogP contribution in [0.1, 0.15) is 46.0 Å². The maximum Gasteiger partial charge on any atom is 0.200 e. The minimum Gasteiger partial charge on any atom is -0.497 e. The van der Waals surface area contributed by atoms with E-state index in [9.17, 15) is 4.79 Å². The molecule has 0 atom stereocenters. The summed E-state index contributed by atoms with van der Waals surface area (Å²) in [5, 5.41) is 3.54. The van der Waals surface area contributed by atoms with Gasteiger partial charge < -0.3 is 19.4 Å². The van der Waals surface area contributed by atoms with E-state index < -0.39 is 5.82 Å². The lowest BCUT2D eigenvalue weighted by molar-refractivity contribution is 0.319. The average Bonchev–Trinajstić information content (AvgIpc) is 2.84. The first kappa shape index (κ1) is 24.8. The highest BCUT2D eigenvalue weighted by atomic mass is 19.1. The van der Waals surface area contributed by atoms with Crippen LogP contribution in [0.2, 0.25) is 0 Å². The standard InChI is InChI=1S/C27H35FN2O3/c1-4-6-15-29-16-7-8-17-30-19-22(20-9-11-21(32-3)12-10-20)27(31)25-23(28)13-14-24(26(25)30)33-18-5-2/h9-14,19,29H,4-8,15-18H2,1-3H3. The lowest BCUT2D eigenvalue weighted by atomic mass is 10.0. The molecule has 0 fully saturated rings. The molecule has 178 valence electrons. The number of fused-ring (bicyclic) bond motifs is 1. The second-order valence-corrected chi connectivity index (χ2v) is 8.22. The SMILES string of the molecule is CCCCNCCCCn1cc(-c2ccc(OC)cc2)c(=O)c2c(F)ccc(OCCC)c21. The number of halogens is 1. The highest BCUT2D eigenvalue weighted by Crippen LogP contribution is 2.30. The summed E-state index contributed by atoms with van der Waals surface area (Å²) in [5.74, 6) is 0.730. The lowest BCUT2D eigenvalue weighted by Gasteiger charge is -2.18. The largest absolute Gasteiger partial charge is 0.497 e. The Balaban J connectivity index is 2.01. The van der Waals surface area contributed by atoms with Gasteiger partial charge in [-0.05, 0) is 68.6 Å². The Morgan fingerprint density at radius 2 is 1.73 bits per heavy atom. The molecular weight excluding hydrogens is 419 g/mol. The van der Waals surface area contributed by atoms with Gasteiger partial charge in [0.2, 0.25) is 0 Å². The number of ether oxygens (including phenoxy) is 2. The number of nitrogens with zero attached hydrogens (tertiary/aromatic N) is 1. The van der Waals surface area contributed by atoms with Crippen molar-refractivity contribution in [1.82, 2.24) is 9.88 Å². The van der Waals surface area contributed by atoms with E-state index in [-0.39, 0.29) is 10.8 Å². The monoisotopic (exact) mass is 454 g/mol. The Labute approximate surface area is 195 Å². The van der Waals surface area contributed by atoms with E-state index in [1.807, 2.05) is 42.0 Å². The zero-order valence-electron chi connectivity index (χ0n) is 20.0. The van der Waals surface area contributed by atoms with E-state index >= 15 is 4.39 Å². The van der Waals surface area contributed by atoms with Crippen LogP contribution in [0.3, 0.4) is 0 Å². The van der Waals surface area contributed by atoms with Gasteiger partial charge >= 0.3 is 0 Å². The van der Waals surface area contributed by atoms with Crippen LogP contribution in [-0.2, 0) is 6.54 Å². The molecule has 0 amide bonds. The number of hydrogen-bond donors (Lipinski definition) is 1. The van der Waals surface area contributed by atoms with Crippen LogP contribution in [0.4, 0.5) is 4.39 Å². The van der Waals surface area contributed by atoms with Crippen LogP contribution in [0, 0.1) is 5.82 Å². The molecule has 0 spiro atoms. The molecule has 6 heteroatoms. The smallest absolute Gasteiger partial charge is 0.200 e. The highest BCUT2D eigenvalue weighted by Gasteiger charge is 2.18. The van der Waals surface area contributed by atoms with Crippen molar-refractivity contribution in [2.75, 3.05) is 26.8 Å². The first-order valence-electron chi connectivity index (χ1n) is 11.9. The highest BCUT2D eigenvalue weighted by molar-refractivity contribution is 5.89. The predicted octanol–water partition coefficient (Wildman–Crippen LogP) is 5.77. The average molecular weight is 455 g/mol. The summed E-state index contributed by atoms with van der Waals surface area (Å²) in [7, 11) is 1.60. The Kier molecular flexibility index (Phi) is 9.31. The van der Waals surface area contributed by atoms with Crippen molar-refractivity contribution in [3.05, 3.63) is 58.6 Å². The second kappa shape index (κ2) is 12.4. The van der Waals surface area contributed by atoms with E-state index in [1.54, 1.807) is 13.2 Å². The molecule has 1 aromatic heterocycles. The molecule has 2 aromatic carbocycles. The third kappa shape index (κ3) is 6.14. The first-order valence-corrected chi connectivity index (χ1v) is 11.9. The number of nitrogens with one attached hydrogen (secondary N) is 1. The van der Waals surface area contributed by atoms with Crippen LogP contribution in [0.5, 0.6) is 11.5 Å². The van der Waals surface area contributed by atoms with E-state index in [0.717, 1.165) is 37.9 Å². The topological polar surface area (TPSA) is 52.5 Å². The molecule has 0 saturated carbocycles. The fourth-order valence-electron chi connectivity index (χ4n) is 3.90. The van der Waals surface area contributed by atoms with Gasteiger partial charge in [0.1, 0.15) is 17.3 Å². The van der Waals surface area contributed by atoms with Crippen molar-refractivity contribution >= 4 is 10.9 Å². The number of benzene rings is 2. The fourth-order valence-corrected chi connectivity index (χ4v) is 3.90. The number of hydrogen-bond acceptors (Lipinski definition) is 4. The summed E-state index contributed by atoms with van der Waals surface area (Å²) in [4.78, 5) is 13.4. The Hall–Kier alpha value is -2.86. The van der Waals surface area contributed by atoms with E-state index in [0.29, 0.717) is 35.7 Å². The maximum absolute atomic E-state index is 15.0. The minimum atomic E-state index is -0.524. The molecule has 33 heavy (non-hydrogen) atoms. The van der Waals surface area contributed by atoms with Crippen LogP contribution >= 0.6 is 0 Å². The van der Waals surface area contributed by atoms with Gasteiger partial charge in [-0.25, -0.2) is 4.39 Å². The van der Waals surface area contributed by atoms with Gasteiger partial charge in [0.15, 0.2) is 5.43 Å². The molecule has 1 N–H and O–H groups in total. The number of rotatable bonds is 13. The zero-order valence-corrected chi connectivity index (χ0v) is 20.0. The van der Waals surface area contributed by atoms with Gasteiger partial charge in [-0.1, -0.05) is 32.4 Å². The number of methoxy groups -OCH3 is 1. The van der Waals surface area contributed by atoms with Gasteiger partial charge in [-0.2, -0.15) is 0 Å². The molecule has 0 unspecified atom stereocenters. The van der Waals surface area contributed by atoms with Gasteiger partial charge in [0, 0.05) is 18.3 Å². The molecule has 0 aliphatic carbocycles. The van der Waals surface area contributed by atoms with Gasteiger partial charge in [-0.15, -0.1) is 0 Å². The number of aromatic nitrogens is 1. The molecule has 0 aliphatic heterocycles. The second-order valence-electron chi connectivity index (χ2n) is 8.22. The van der Waals surface area contributed by atoms with Crippen LogP contribution < -0.4 is 20.2 Å². The molecular formula is C27H35FN2O3. The predicted molar refractivity (Wildman–Crippen MR) is 133 cm³/mol. The summed E-state index contributed by atoms with van der Waals surface area (Å²) in [6, 6.07) is 10.2. The Morgan fingerprint density at radius 1 is 0.970 bits per heavy atom. The van der Waals surface area contributed by atoms with Crippen molar-refractivity contribution in [2.24, 2.45) is 0 Å². The summed E-state index contributed by atoms with van der Waals surface area (Å²) in [5.41, 5.74) is 1.41. The van der Waals surface area contributed by atoms with E-state index in [4.69, 9.17) is 9.47 Å². The minimum absolute atomic E-state index is 0.0815. The van der Waals surface area contributed by atoms with Crippen LogP contribution in [0.25, 0.3) is 22.0 Å². The summed E-state index contributed by atoms with van der Waals surface area (Å²) >= 11 is 0. The third-order valence-corrected chi connectivity index (χ3v) is 5.71. The fraction of sp³-hybridized carbons (Fsp3) is 0.444. The quantitative estimate of drug-likeness (QED) is 0.333. The molecule has 3 rings (SSSR count). The third-order valence-electron chi connectivity index (χ3n) is 5.71. The molecule has 1 heterocycles. The number of aryl methyl sites for hydroxylation is 1.